The van der Waals surface area contributed by atoms with Crippen molar-refractivity contribution in [2.75, 3.05) is 26.9 Å². The molecule has 2 aromatic carbocycles. The third-order valence-corrected chi connectivity index (χ3v) is 7.84. The fourth-order valence-electron chi connectivity index (χ4n) is 3.51. The molecule has 0 saturated heterocycles. The second-order valence-electron chi connectivity index (χ2n) is 6.81. The van der Waals surface area contributed by atoms with Crippen LogP contribution in [0.3, 0.4) is 0 Å². The molecular weight excluding hydrogens is 384 g/mol. The molecule has 0 saturated carbocycles. The molecule has 0 fully saturated rings. The Labute approximate surface area is 176 Å². The van der Waals surface area contributed by atoms with Gasteiger partial charge >= 0.3 is 8.80 Å². The number of methoxy groups -OCH3 is 1. The van der Waals surface area contributed by atoms with E-state index in [2.05, 4.69) is 24.3 Å². The Kier molecular flexibility index (Phi) is 9.83. The largest absolute Gasteiger partial charge is 0.508 e. The van der Waals surface area contributed by atoms with Crippen LogP contribution in [0.5, 0.6) is 5.75 Å². The third kappa shape index (κ3) is 6.94. The predicted octanol–water partition coefficient (Wildman–Crippen LogP) is 5.19. The van der Waals surface area contributed by atoms with Gasteiger partial charge in [0, 0.05) is 33.0 Å². The minimum absolute atomic E-state index is 0.280. The first-order valence-electron chi connectivity index (χ1n) is 10.4. The summed E-state index contributed by atoms with van der Waals surface area (Å²) in [6, 6.07) is 14.7. The van der Waals surface area contributed by atoms with Crippen LogP contribution in [-0.4, -0.2) is 40.8 Å². The molecule has 1 N–H and O–H groups in total. The maximum absolute atomic E-state index is 10.0. The zero-order valence-electron chi connectivity index (χ0n) is 18.1. The lowest BCUT2D eigenvalue weighted by Gasteiger charge is -2.28. The van der Waals surface area contributed by atoms with Crippen LogP contribution in [0.1, 0.15) is 38.3 Å². The normalized spacial score (nSPS) is 11.7. The van der Waals surface area contributed by atoms with Crippen molar-refractivity contribution in [3.05, 3.63) is 53.6 Å². The second kappa shape index (κ2) is 12.1. The van der Waals surface area contributed by atoms with Gasteiger partial charge in [-0.15, -0.1) is 0 Å². The van der Waals surface area contributed by atoms with Gasteiger partial charge in [0.15, 0.2) is 0 Å². The Morgan fingerprint density at radius 2 is 1.48 bits per heavy atom. The molecule has 160 valence electrons. The van der Waals surface area contributed by atoms with E-state index in [1.807, 2.05) is 32.9 Å². The van der Waals surface area contributed by atoms with Crippen molar-refractivity contribution in [3.63, 3.8) is 0 Å². The Morgan fingerprint density at radius 3 is 2.03 bits per heavy atom. The molecule has 0 spiro atoms. The lowest BCUT2D eigenvalue weighted by atomic mass is 9.96. The summed E-state index contributed by atoms with van der Waals surface area (Å²) in [7, 11) is -0.956. The Bertz CT molecular complexity index is 716. The Morgan fingerprint density at radius 1 is 0.862 bits per heavy atom. The van der Waals surface area contributed by atoms with E-state index >= 15 is 0 Å². The molecule has 0 unspecified atom stereocenters. The van der Waals surface area contributed by atoms with E-state index in [4.69, 9.17) is 18.0 Å². The van der Waals surface area contributed by atoms with Crippen LogP contribution < -0.4 is 0 Å². The molecule has 2 rings (SSSR count). The SMILES string of the molecule is CCO[Si](CCCc1cc(O)ccc1-c1ccc(COC)cc1)(OCC)OCC. The fourth-order valence-corrected chi connectivity index (χ4v) is 6.12. The van der Waals surface area contributed by atoms with E-state index in [1.54, 1.807) is 13.2 Å². The van der Waals surface area contributed by atoms with Crippen molar-refractivity contribution in [3.8, 4) is 16.9 Å². The smallest absolute Gasteiger partial charge is 0.500 e. The first-order valence-corrected chi connectivity index (χ1v) is 12.3. The minimum Gasteiger partial charge on any atom is -0.508 e. The molecule has 0 aromatic heterocycles. The summed E-state index contributed by atoms with van der Waals surface area (Å²) in [6.07, 6.45) is 1.68. The van der Waals surface area contributed by atoms with Gasteiger partial charge in [-0.3, -0.25) is 0 Å². The van der Waals surface area contributed by atoms with Crippen LogP contribution in [0.15, 0.2) is 42.5 Å². The van der Waals surface area contributed by atoms with E-state index in [0.717, 1.165) is 41.1 Å². The molecule has 0 bridgehead atoms. The summed E-state index contributed by atoms with van der Waals surface area (Å²) < 4.78 is 23.1. The number of aromatic hydroxyl groups is 1. The number of benzene rings is 2. The summed E-state index contributed by atoms with van der Waals surface area (Å²) in [4.78, 5) is 0. The van der Waals surface area contributed by atoms with Crippen LogP contribution in [0, 0.1) is 0 Å². The number of rotatable bonds is 13. The number of hydrogen-bond donors (Lipinski definition) is 1. The van der Waals surface area contributed by atoms with Gasteiger partial charge in [0.25, 0.3) is 0 Å². The molecular formula is C23H34O5Si. The van der Waals surface area contributed by atoms with Gasteiger partial charge in [-0.2, -0.15) is 0 Å². The Balaban J connectivity index is 2.16. The first kappa shape index (κ1) is 23.6. The summed E-state index contributed by atoms with van der Waals surface area (Å²) in [5.74, 6) is 0.280. The van der Waals surface area contributed by atoms with Crippen LogP contribution in [0.25, 0.3) is 11.1 Å². The molecule has 0 atom stereocenters. The number of hydrogen-bond acceptors (Lipinski definition) is 5. The van der Waals surface area contributed by atoms with Crippen molar-refractivity contribution < 1.29 is 23.1 Å². The lowest BCUT2D eigenvalue weighted by molar-refractivity contribution is 0.0708. The van der Waals surface area contributed by atoms with Crippen molar-refractivity contribution in [2.45, 2.75) is 46.3 Å². The van der Waals surface area contributed by atoms with Crippen molar-refractivity contribution in [1.82, 2.24) is 0 Å². The van der Waals surface area contributed by atoms with Crippen molar-refractivity contribution >= 4 is 8.80 Å². The molecule has 29 heavy (non-hydrogen) atoms. The van der Waals surface area contributed by atoms with Gasteiger partial charge in [0.2, 0.25) is 0 Å². The highest BCUT2D eigenvalue weighted by molar-refractivity contribution is 6.60. The van der Waals surface area contributed by atoms with Crippen LogP contribution in [-0.2, 0) is 31.0 Å². The molecule has 5 nitrogen and oxygen atoms in total. The zero-order chi connectivity index (χ0) is 21.1. The monoisotopic (exact) mass is 418 g/mol. The zero-order valence-corrected chi connectivity index (χ0v) is 19.1. The van der Waals surface area contributed by atoms with Crippen molar-refractivity contribution in [2.24, 2.45) is 0 Å². The topological polar surface area (TPSA) is 57.2 Å². The molecule has 0 radical (unpaired) electrons. The van der Waals surface area contributed by atoms with Crippen molar-refractivity contribution in [1.29, 1.82) is 0 Å². The summed E-state index contributed by atoms with van der Waals surface area (Å²) >= 11 is 0. The van der Waals surface area contributed by atoms with Gasteiger partial charge in [0.05, 0.1) is 6.61 Å². The van der Waals surface area contributed by atoms with Gasteiger partial charge < -0.3 is 23.1 Å². The van der Waals surface area contributed by atoms with E-state index in [0.29, 0.717) is 26.4 Å². The number of phenolic OH excluding ortho intramolecular Hbond substituents is 1. The average molecular weight is 419 g/mol. The molecule has 0 aliphatic heterocycles. The van der Waals surface area contributed by atoms with Gasteiger partial charge in [-0.1, -0.05) is 30.3 Å². The summed E-state index contributed by atoms with van der Waals surface area (Å²) in [5, 5.41) is 10.0. The maximum Gasteiger partial charge on any atom is 0.500 e. The van der Waals surface area contributed by atoms with E-state index in [-0.39, 0.29) is 5.75 Å². The second-order valence-corrected chi connectivity index (χ2v) is 9.54. The van der Waals surface area contributed by atoms with Gasteiger partial charge in [-0.05, 0) is 68.0 Å². The highest BCUT2D eigenvalue weighted by Gasteiger charge is 2.39. The van der Waals surface area contributed by atoms with E-state index in [9.17, 15) is 5.11 Å². The molecule has 2 aromatic rings. The Hall–Kier alpha value is -1.70. The number of phenols is 1. The maximum atomic E-state index is 10.0. The summed E-state index contributed by atoms with van der Waals surface area (Å²) in [5.41, 5.74) is 4.50. The number of ether oxygens (including phenoxy) is 1. The molecule has 6 heteroatoms. The highest BCUT2D eigenvalue weighted by Crippen LogP contribution is 2.30. The van der Waals surface area contributed by atoms with E-state index < -0.39 is 8.80 Å². The molecule has 0 aliphatic carbocycles. The average Bonchev–Trinajstić information content (AvgIpc) is 2.70. The third-order valence-electron chi connectivity index (χ3n) is 4.69. The molecule has 0 aliphatic rings. The molecule has 0 amide bonds. The van der Waals surface area contributed by atoms with Crippen LogP contribution in [0.4, 0.5) is 0 Å². The number of aryl methyl sites for hydroxylation is 1. The predicted molar refractivity (Wildman–Crippen MR) is 118 cm³/mol. The first-order chi connectivity index (χ1) is 14.1. The lowest BCUT2D eigenvalue weighted by Crippen LogP contribution is -2.46. The standard InChI is InChI=1S/C23H34O5Si/c1-5-26-29(27-6-2,28-7-3)16-8-9-21-17-22(24)14-15-23(21)20-12-10-19(11-13-20)18-25-4/h10-15,17,24H,5-9,16,18H2,1-4H3. The highest BCUT2D eigenvalue weighted by atomic mass is 28.4. The van der Waals surface area contributed by atoms with Gasteiger partial charge in [-0.25, -0.2) is 0 Å². The quantitative estimate of drug-likeness (QED) is 0.454. The van der Waals surface area contributed by atoms with Crippen LogP contribution in [0.2, 0.25) is 6.04 Å². The molecule has 0 heterocycles. The summed E-state index contributed by atoms with van der Waals surface area (Å²) in [6.45, 7) is 8.26. The fraction of sp³-hybridized carbons (Fsp3) is 0.478. The minimum atomic E-state index is -2.65. The van der Waals surface area contributed by atoms with Crippen LogP contribution >= 0.6 is 0 Å². The van der Waals surface area contributed by atoms with E-state index in [1.165, 1.54) is 0 Å². The van der Waals surface area contributed by atoms with Gasteiger partial charge in [0.1, 0.15) is 5.75 Å².